The molecule has 1 aliphatic heterocycles. The number of halogens is 1. The molecule has 2 heterocycles. The maximum atomic E-state index is 5.66. The van der Waals surface area contributed by atoms with Gasteiger partial charge in [0, 0.05) is 43.3 Å². The van der Waals surface area contributed by atoms with Crippen molar-refractivity contribution in [3.63, 3.8) is 0 Å². The summed E-state index contributed by atoms with van der Waals surface area (Å²) in [6.45, 7) is 6.84. The lowest BCUT2D eigenvalue weighted by molar-refractivity contribution is 0.170. The zero-order valence-corrected chi connectivity index (χ0v) is 21.2. The van der Waals surface area contributed by atoms with E-state index in [9.17, 15) is 0 Å². The average Bonchev–Trinajstić information content (AvgIpc) is 3.25. The molecule has 0 radical (unpaired) electrons. The Bertz CT molecular complexity index is 785. The lowest BCUT2D eigenvalue weighted by atomic mass is 9.98. The molecule has 166 valence electrons. The second-order valence-electron chi connectivity index (χ2n) is 7.20. The fourth-order valence-corrected chi connectivity index (χ4v) is 4.41. The number of nitrogens with zero attached hydrogens (tertiary/aromatic N) is 2. The van der Waals surface area contributed by atoms with E-state index in [1.54, 1.807) is 14.2 Å². The van der Waals surface area contributed by atoms with E-state index in [-0.39, 0.29) is 24.0 Å². The van der Waals surface area contributed by atoms with E-state index in [1.165, 1.54) is 24.3 Å². The highest BCUT2D eigenvalue weighted by molar-refractivity contribution is 14.0. The molecule has 2 N–H and O–H groups in total. The zero-order chi connectivity index (χ0) is 20.5. The number of guanidine groups is 1. The van der Waals surface area contributed by atoms with Crippen LogP contribution in [0.1, 0.15) is 24.6 Å². The highest BCUT2D eigenvalue weighted by atomic mass is 127. The molecule has 1 fully saturated rings. The van der Waals surface area contributed by atoms with Gasteiger partial charge < -0.3 is 20.1 Å². The average molecular weight is 545 g/mol. The lowest BCUT2D eigenvalue weighted by Gasteiger charge is -2.32. The van der Waals surface area contributed by atoms with Crippen molar-refractivity contribution in [2.45, 2.75) is 26.3 Å². The summed E-state index contributed by atoms with van der Waals surface area (Å²) in [5.74, 6) is 2.85. The van der Waals surface area contributed by atoms with Crippen molar-refractivity contribution in [2.24, 2.45) is 10.9 Å². The molecule has 1 aliphatic rings. The van der Waals surface area contributed by atoms with Gasteiger partial charge in [0.1, 0.15) is 0 Å². The summed E-state index contributed by atoms with van der Waals surface area (Å²) >= 11 is 1.84. The third-order valence-electron chi connectivity index (χ3n) is 5.07. The van der Waals surface area contributed by atoms with Crippen LogP contribution in [0.2, 0.25) is 0 Å². The quantitative estimate of drug-likeness (QED) is 0.288. The number of ether oxygens (including phenoxy) is 2. The van der Waals surface area contributed by atoms with Crippen LogP contribution >= 0.6 is 35.3 Å². The number of aliphatic imine (C=N–C) groups is 1. The van der Waals surface area contributed by atoms with E-state index in [0.29, 0.717) is 12.5 Å². The molecule has 0 aliphatic carbocycles. The molecule has 0 spiro atoms. The molecule has 0 saturated carbocycles. The van der Waals surface area contributed by atoms with Gasteiger partial charge in [-0.3, -0.25) is 9.89 Å². The second-order valence-corrected chi connectivity index (χ2v) is 8.23. The number of methoxy groups -OCH3 is 1. The van der Waals surface area contributed by atoms with Crippen LogP contribution in [0, 0.1) is 5.92 Å². The minimum absolute atomic E-state index is 0. The monoisotopic (exact) mass is 544 g/mol. The van der Waals surface area contributed by atoms with Gasteiger partial charge in [-0.2, -0.15) is 0 Å². The number of piperidine rings is 1. The fourth-order valence-electron chi connectivity index (χ4n) is 3.66. The van der Waals surface area contributed by atoms with Crippen molar-refractivity contribution in [2.75, 3.05) is 45.7 Å². The van der Waals surface area contributed by atoms with Gasteiger partial charge in [-0.05, 0) is 55.8 Å². The minimum Gasteiger partial charge on any atom is -0.493 e. The number of thiophene rings is 1. The Balaban J connectivity index is 0.00000320. The Morgan fingerprint density at radius 3 is 2.87 bits per heavy atom. The van der Waals surface area contributed by atoms with Crippen LogP contribution < -0.4 is 20.1 Å². The van der Waals surface area contributed by atoms with Crippen molar-refractivity contribution in [1.82, 2.24) is 10.2 Å². The third-order valence-corrected chi connectivity index (χ3v) is 5.93. The molecule has 1 aromatic heterocycles. The molecular weight excluding hydrogens is 511 g/mol. The van der Waals surface area contributed by atoms with Crippen molar-refractivity contribution in [1.29, 1.82) is 0 Å². The molecular formula is C22H33IN4O2S. The van der Waals surface area contributed by atoms with Crippen LogP contribution in [-0.2, 0) is 6.54 Å². The summed E-state index contributed by atoms with van der Waals surface area (Å²) in [5, 5.41) is 9.00. The molecule has 8 heteroatoms. The van der Waals surface area contributed by atoms with Gasteiger partial charge in [-0.1, -0.05) is 6.07 Å². The number of benzene rings is 1. The van der Waals surface area contributed by atoms with E-state index in [4.69, 9.17) is 9.47 Å². The van der Waals surface area contributed by atoms with E-state index in [0.717, 1.165) is 42.8 Å². The topological polar surface area (TPSA) is 58.1 Å². The Morgan fingerprint density at radius 2 is 2.17 bits per heavy atom. The van der Waals surface area contributed by atoms with Crippen molar-refractivity contribution >= 4 is 47.0 Å². The number of rotatable bonds is 8. The molecule has 1 atom stereocenters. The number of nitrogens with one attached hydrogen (secondary N) is 2. The summed E-state index contributed by atoms with van der Waals surface area (Å²) in [6, 6.07) is 10.2. The standard InChI is InChI=1S/C22H32N4O2S.HI/c1-4-28-21-13-18(9-10-20(21)27-3)25-22(23-2)24-14-17-7-5-11-26(15-17)16-19-8-6-12-29-19;/h6,8-10,12-13,17H,4-5,7,11,14-16H2,1-3H3,(H2,23,24,25);1H. The van der Waals surface area contributed by atoms with Crippen LogP contribution in [0.4, 0.5) is 5.69 Å². The van der Waals surface area contributed by atoms with E-state index < -0.39 is 0 Å². The molecule has 2 aromatic rings. The third kappa shape index (κ3) is 7.31. The number of hydrogen-bond donors (Lipinski definition) is 2. The second kappa shape index (κ2) is 13.0. The minimum atomic E-state index is 0. The molecule has 3 rings (SSSR count). The van der Waals surface area contributed by atoms with Gasteiger partial charge in [-0.25, -0.2) is 0 Å². The summed E-state index contributed by atoms with van der Waals surface area (Å²) in [4.78, 5) is 8.39. The first kappa shape index (κ1) is 24.7. The molecule has 1 aromatic carbocycles. The van der Waals surface area contributed by atoms with E-state index in [1.807, 2.05) is 36.5 Å². The highest BCUT2D eigenvalue weighted by Crippen LogP contribution is 2.30. The highest BCUT2D eigenvalue weighted by Gasteiger charge is 2.20. The van der Waals surface area contributed by atoms with Crippen molar-refractivity contribution in [3.05, 3.63) is 40.6 Å². The first-order valence-corrected chi connectivity index (χ1v) is 11.1. The maximum Gasteiger partial charge on any atom is 0.195 e. The van der Waals surface area contributed by atoms with Gasteiger partial charge in [0.15, 0.2) is 17.5 Å². The first-order valence-electron chi connectivity index (χ1n) is 10.2. The predicted octanol–water partition coefficient (Wildman–Crippen LogP) is 4.67. The molecule has 1 unspecified atom stereocenters. The SMILES string of the molecule is CCOc1cc(NC(=NC)NCC2CCCN(Cc3cccs3)C2)ccc1OC.I. The Labute approximate surface area is 201 Å². The Kier molecular flexibility index (Phi) is 10.7. The maximum absolute atomic E-state index is 5.66. The summed E-state index contributed by atoms with van der Waals surface area (Å²) < 4.78 is 11.0. The molecule has 6 nitrogen and oxygen atoms in total. The van der Waals surface area contributed by atoms with E-state index >= 15 is 0 Å². The van der Waals surface area contributed by atoms with Crippen LogP contribution in [0.15, 0.2) is 40.7 Å². The predicted molar refractivity (Wildman–Crippen MR) is 137 cm³/mol. The molecule has 30 heavy (non-hydrogen) atoms. The number of anilines is 1. The van der Waals surface area contributed by atoms with Crippen LogP contribution in [0.25, 0.3) is 0 Å². The van der Waals surface area contributed by atoms with Crippen molar-refractivity contribution in [3.8, 4) is 11.5 Å². The Hall–Kier alpha value is -1.52. The van der Waals surface area contributed by atoms with Crippen LogP contribution in [-0.4, -0.2) is 51.3 Å². The molecule has 0 amide bonds. The van der Waals surface area contributed by atoms with Crippen molar-refractivity contribution < 1.29 is 9.47 Å². The molecule has 1 saturated heterocycles. The van der Waals surface area contributed by atoms with Crippen LogP contribution in [0.5, 0.6) is 11.5 Å². The smallest absolute Gasteiger partial charge is 0.195 e. The summed E-state index contributed by atoms with van der Waals surface area (Å²) in [5.41, 5.74) is 0.922. The van der Waals surface area contributed by atoms with Crippen LogP contribution in [0.3, 0.4) is 0 Å². The van der Waals surface area contributed by atoms with Gasteiger partial charge in [0.25, 0.3) is 0 Å². The lowest BCUT2D eigenvalue weighted by Crippen LogP contribution is -2.42. The fraction of sp³-hybridized carbons (Fsp3) is 0.500. The first-order chi connectivity index (χ1) is 14.2. The zero-order valence-electron chi connectivity index (χ0n) is 18.0. The summed E-state index contributed by atoms with van der Waals surface area (Å²) in [6.07, 6.45) is 2.50. The number of likely N-dealkylation sites (tertiary alicyclic amines) is 1. The molecule has 0 bridgehead atoms. The normalized spacial score (nSPS) is 17.2. The largest absolute Gasteiger partial charge is 0.493 e. The Morgan fingerprint density at radius 1 is 1.30 bits per heavy atom. The number of hydrogen-bond acceptors (Lipinski definition) is 5. The van der Waals surface area contributed by atoms with Gasteiger partial charge >= 0.3 is 0 Å². The van der Waals surface area contributed by atoms with E-state index in [2.05, 4.69) is 38.0 Å². The summed E-state index contributed by atoms with van der Waals surface area (Å²) in [7, 11) is 3.45. The van der Waals surface area contributed by atoms with Gasteiger partial charge in [0.2, 0.25) is 0 Å². The van der Waals surface area contributed by atoms with Gasteiger partial charge in [-0.15, -0.1) is 35.3 Å². The van der Waals surface area contributed by atoms with Gasteiger partial charge in [0.05, 0.1) is 13.7 Å².